The highest BCUT2D eigenvalue weighted by molar-refractivity contribution is 5.28. The van der Waals surface area contributed by atoms with E-state index in [1.54, 1.807) is 13.8 Å². The second-order valence-electron chi connectivity index (χ2n) is 8.29. The Kier molecular flexibility index (Phi) is 5.32. The highest BCUT2D eigenvalue weighted by Gasteiger charge is 2.25. The topological polar surface area (TPSA) is 3.24 Å². The summed E-state index contributed by atoms with van der Waals surface area (Å²) in [5.41, 5.74) is 1.37. The Hall–Kier alpha value is -0.890. The average molecular weight is 305 g/mol. The third-order valence-corrected chi connectivity index (χ3v) is 5.25. The first-order valence-corrected chi connectivity index (χ1v) is 8.69. The van der Waals surface area contributed by atoms with Gasteiger partial charge in [-0.1, -0.05) is 45.0 Å². The zero-order valence-electron chi connectivity index (χ0n) is 15.0. The molecular weight excluding hydrogens is 273 g/mol. The SMILES string of the molecule is CC(CCN1CCC(C)(C)CC1)c1ccc(C(C)(C)F)cc1. The van der Waals surface area contributed by atoms with Crippen molar-refractivity contribution in [2.45, 2.75) is 65.5 Å². The largest absolute Gasteiger partial charge is 0.303 e. The van der Waals surface area contributed by atoms with Crippen molar-refractivity contribution in [3.05, 3.63) is 35.4 Å². The van der Waals surface area contributed by atoms with E-state index >= 15 is 0 Å². The summed E-state index contributed by atoms with van der Waals surface area (Å²) in [6.07, 6.45) is 3.79. The van der Waals surface area contributed by atoms with Crippen molar-refractivity contribution in [2.24, 2.45) is 5.41 Å². The minimum atomic E-state index is -1.25. The van der Waals surface area contributed by atoms with E-state index in [0.29, 0.717) is 11.3 Å². The lowest BCUT2D eigenvalue weighted by Gasteiger charge is -2.37. The van der Waals surface area contributed by atoms with Crippen LogP contribution in [-0.4, -0.2) is 24.5 Å². The maximum atomic E-state index is 13.9. The number of rotatable bonds is 5. The van der Waals surface area contributed by atoms with Crippen molar-refractivity contribution in [2.75, 3.05) is 19.6 Å². The maximum absolute atomic E-state index is 13.9. The standard InChI is InChI=1S/C20H32FN/c1-16(10-13-22-14-11-19(2,3)12-15-22)17-6-8-18(9-7-17)20(4,5)21/h6-9,16H,10-15H2,1-5H3. The Morgan fingerprint density at radius 2 is 1.68 bits per heavy atom. The molecule has 1 aliphatic rings. The average Bonchev–Trinajstić information content (AvgIpc) is 2.45. The van der Waals surface area contributed by atoms with Gasteiger partial charge >= 0.3 is 0 Å². The summed E-state index contributed by atoms with van der Waals surface area (Å²) in [4.78, 5) is 2.60. The van der Waals surface area contributed by atoms with Gasteiger partial charge < -0.3 is 4.90 Å². The predicted octanol–water partition coefficient (Wildman–Crippen LogP) is 5.51. The zero-order chi connectivity index (χ0) is 16.4. The fourth-order valence-corrected chi connectivity index (χ4v) is 3.13. The van der Waals surface area contributed by atoms with Gasteiger partial charge in [0.1, 0.15) is 5.67 Å². The molecule has 0 N–H and O–H groups in total. The molecular formula is C20H32FN. The van der Waals surface area contributed by atoms with Gasteiger partial charge in [-0.2, -0.15) is 0 Å². The van der Waals surface area contributed by atoms with Crippen LogP contribution in [0, 0.1) is 5.41 Å². The van der Waals surface area contributed by atoms with E-state index in [-0.39, 0.29) is 0 Å². The second kappa shape index (κ2) is 6.70. The van der Waals surface area contributed by atoms with E-state index in [4.69, 9.17) is 0 Å². The van der Waals surface area contributed by atoms with Crippen LogP contribution in [0.5, 0.6) is 0 Å². The van der Waals surface area contributed by atoms with Crippen molar-refractivity contribution in [3.63, 3.8) is 0 Å². The Morgan fingerprint density at radius 1 is 1.14 bits per heavy atom. The van der Waals surface area contributed by atoms with Crippen molar-refractivity contribution >= 4 is 0 Å². The third-order valence-electron chi connectivity index (χ3n) is 5.25. The van der Waals surface area contributed by atoms with Crippen LogP contribution in [-0.2, 0) is 5.67 Å². The van der Waals surface area contributed by atoms with Crippen LogP contribution in [0.2, 0.25) is 0 Å². The van der Waals surface area contributed by atoms with Crippen LogP contribution in [0.3, 0.4) is 0 Å². The van der Waals surface area contributed by atoms with E-state index in [1.807, 2.05) is 12.1 Å². The molecule has 1 atom stereocenters. The van der Waals surface area contributed by atoms with Gasteiger partial charge in [0.15, 0.2) is 0 Å². The Labute approximate surface area is 135 Å². The summed E-state index contributed by atoms with van der Waals surface area (Å²) in [7, 11) is 0. The number of hydrogen-bond acceptors (Lipinski definition) is 1. The smallest absolute Gasteiger partial charge is 0.130 e. The Morgan fingerprint density at radius 3 is 2.18 bits per heavy atom. The first-order chi connectivity index (χ1) is 10.2. The van der Waals surface area contributed by atoms with E-state index in [2.05, 4.69) is 37.8 Å². The van der Waals surface area contributed by atoms with Crippen LogP contribution in [0.4, 0.5) is 4.39 Å². The molecule has 0 radical (unpaired) electrons. The van der Waals surface area contributed by atoms with E-state index < -0.39 is 5.67 Å². The summed E-state index contributed by atoms with van der Waals surface area (Å²) in [6.45, 7) is 13.9. The van der Waals surface area contributed by atoms with E-state index in [0.717, 1.165) is 5.56 Å². The number of alkyl halides is 1. The lowest BCUT2D eigenvalue weighted by Crippen LogP contribution is -2.38. The van der Waals surface area contributed by atoms with Gasteiger partial charge in [0, 0.05) is 0 Å². The zero-order valence-corrected chi connectivity index (χ0v) is 15.0. The second-order valence-corrected chi connectivity index (χ2v) is 8.29. The molecule has 2 heteroatoms. The molecule has 124 valence electrons. The first kappa shape index (κ1) is 17.5. The molecule has 1 fully saturated rings. The molecule has 1 aliphatic heterocycles. The number of benzene rings is 1. The normalized spacial score (nSPS) is 20.8. The molecule has 22 heavy (non-hydrogen) atoms. The van der Waals surface area contributed by atoms with Gasteiger partial charge in [-0.25, -0.2) is 4.39 Å². The van der Waals surface area contributed by atoms with Gasteiger partial charge in [-0.05, 0) is 75.2 Å². The molecule has 1 aromatic carbocycles. The van der Waals surface area contributed by atoms with Crippen LogP contribution >= 0.6 is 0 Å². The predicted molar refractivity (Wildman–Crippen MR) is 93.1 cm³/mol. The van der Waals surface area contributed by atoms with Crippen molar-refractivity contribution in [3.8, 4) is 0 Å². The Balaban J connectivity index is 1.84. The van der Waals surface area contributed by atoms with Gasteiger partial charge in [-0.15, -0.1) is 0 Å². The highest BCUT2D eigenvalue weighted by Crippen LogP contribution is 2.31. The first-order valence-electron chi connectivity index (χ1n) is 8.69. The minimum Gasteiger partial charge on any atom is -0.303 e. The summed E-state index contributed by atoms with van der Waals surface area (Å²) >= 11 is 0. The lowest BCUT2D eigenvalue weighted by atomic mass is 9.82. The monoisotopic (exact) mass is 305 g/mol. The summed E-state index contributed by atoms with van der Waals surface area (Å²) in [6, 6.07) is 8.08. The fraction of sp³-hybridized carbons (Fsp3) is 0.700. The molecule has 0 saturated carbocycles. The molecule has 0 spiro atoms. The Bertz CT molecular complexity index is 459. The number of nitrogens with zero attached hydrogens (tertiary/aromatic N) is 1. The number of hydrogen-bond donors (Lipinski definition) is 0. The molecule has 1 aromatic rings. The molecule has 0 amide bonds. The molecule has 0 bridgehead atoms. The third kappa shape index (κ3) is 4.81. The van der Waals surface area contributed by atoms with Crippen LogP contribution < -0.4 is 0 Å². The van der Waals surface area contributed by atoms with Crippen molar-refractivity contribution in [1.29, 1.82) is 0 Å². The summed E-state index contributed by atoms with van der Waals surface area (Å²) in [5.74, 6) is 0.534. The molecule has 1 saturated heterocycles. The lowest BCUT2D eigenvalue weighted by molar-refractivity contribution is 0.130. The van der Waals surface area contributed by atoms with Gasteiger partial charge in [0.25, 0.3) is 0 Å². The minimum absolute atomic E-state index is 0.525. The van der Waals surface area contributed by atoms with Crippen LogP contribution in [0.15, 0.2) is 24.3 Å². The number of likely N-dealkylation sites (tertiary alicyclic amines) is 1. The molecule has 2 rings (SSSR count). The van der Waals surface area contributed by atoms with Gasteiger partial charge in [0.2, 0.25) is 0 Å². The number of piperidine rings is 1. The number of halogens is 1. The molecule has 0 aromatic heterocycles. The van der Waals surface area contributed by atoms with E-state index in [9.17, 15) is 4.39 Å². The highest BCUT2D eigenvalue weighted by atomic mass is 19.1. The van der Waals surface area contributed by atoms with Crippen molar-refractivity contribution in [1.82, 2.24) is 4.90 Å². The summed E-state index contributed by atoms with van der Waals surface area (Å²) in [5, 5.41) is 0. The summed E-state index contributed by atoms with van der Waals surface area (Å²) < 4.78 is 13.9. The molecule has 1 nitrogen and oxygen atoms in total. The van der Waals surface area contributed by atoms with E-state index in [1.165, 1.54) is 44.5 Å². The molecule has 0 aliphatic carbocycles. The van der Waals surface area contributed by atoms with Crippen molar-refractivity contribution < 1.29 is 4.39 Å². The molecule has 1 heterocycles. The fourth-order valence-electron chi connectivity index (χ4n) is 3.13. The quantitative estimate of drug-likeness (QED) is 0.693. The van der Waals surface area contributed by atoms with Crippen LogP contribution in [0.25, 0.3) is 0 Å². The van der Waals surface area contributed by atoms with Gasteiger partial charge in [-0.3, -0.25) is 0 Å². The molecule has 1 unspecified atom stereocenters. The van der Waals surface area contributed by atoms with Gasteiger partial charge in [0.05, 0.1) is 0 Å². The van der Waals surface area contributed by atoms with Crippen LogP contribution in [0.1, 0.15) is 70.9 Å². The maximum Gasteiger partial charge on any atom is 0.130 e.